The van der Waals surface area contributed by atoms with Gasteiger partial charge in [-0.2, -0.15) is 5.10 Å². The number of benzene rings is 2. The molecule has 2 amide bonds. The molecular formula is C24H27N5O3. The molecule has 166 valence electrons. The van der Waals surface area contributed by atoms with Gasteiger partial charge < -0.3 is 21.5 Å². The van der Waals surface area contributed by atoms with E-state index in [1.54, 1.807) is 10.7 Å². The van der Waals surface area contributed by atoms with E-state index < -0.39 is 5.91 Å². The van der Waals surface area contributed by atoms with Gasteiger partial charge >= 0.3 is 0 Å². The van der Waals surface area contributed by atoms with E-state index in [9.17, 15) is 9.59 Å². The maximum absolute atomic E-state index is 12.4. The summed E-state index contributed by atoms with van der Waals surface area (Å²) < 4.78 is 7.28. The number of hydrogen-bond acceptors (Lipinski definition) is 5. The van der Waals surface area contributed by atoms with Crippen LogP contribution in [0, 0.1) is 6.92 Å². The number of nitrogens with zero attached hydrogens (tertiary/aromatic N) is 2. The van der Waals surface area contributed by atoms with Gasteiger partial charge in [0, 0.05) is 24.3 Å². The molecule has 2 aromatic carbocycles. The standard InChI is InChI=1S/C24H27N5O3/c1-14-5-3-4-6-18(14)24(31)27-13-16-7-9-17(10-8-16)21-20(23(26)30)22(25)29(28-21)19-11-12-32-15(19)2/h3-10,15,19H,11-13,25H2,1-2H3,(H2,26,30)(H,27,31). The molecule has 2 unspecified atom stereocenters. The van der Waals surface area contributed by atoms with Crippen LogP contribution in [0.15, 0.2) is 48.5 Å². The van der Waals surface area contributed by atoms with E-state index in [2.05, 4.69) is 10.4 Å². The second-order valence-electron chi connectivity index (χ2n) is 8.04. The van der Waals surface area contributed by atoms with E-state index in [4.69, 9.17) is 16.2 Å². The number of aryl methyl sites for hydroxylation is 1. The van der Waals surface area contributed by atoms with Crippen LogP contribution in [-0.4, -0.2) is 34.3 Å². The first kappa shape index (κ1) is 21.6. The molecule has 2 heterocycles. The Labute approximate surface area is 186 Å². The van der Waals surface area contributed by atoms with Crippen molar-refractivity contribution in [2.45, 2.75) is 39.0 Å². The fraction of sp³-hybridized carbons (Fsp3) is 0.292. The zero-order valence-corrected chi connectivity index (χ0v) is 18.2. The predicted molar refractivity (Wildman–Crippen MR) is 122 cm³/mol. The zero-order valence-electron chi connectivity index (χ0n) is 18.2. The molecule has 0 radical (unpaired) electrons. The van der Waals surface area contributed by atoms with Crippen LogP contribution in [0.2, 0.25) is 0 Å². The van der Waals surface area contributed by atoms with E-state index in [0.29, 0.717) is 24.4 Å². The van der Waals surface area contributed by atoms with Crippen LogP contribution in [-0.2, 0) is 11.3 Å². The molecule has 2 atom stereocenters. The molecule has 3 aromatic rings. The number of hydrogen-bond donors (Lipinski definition) is 3. The average molecular weight is 434 g/mol. The minimum absolute atomic E-state index is 0.0437. The Bertz CT molecular complexity index is 1150. The first-order valence-corrected chi connectivity index (χ1v) is 10.6. The van der Waals surface area contributed by atoms with Crippen molar-refractivity contribution < 1.29 is 14.3 Å². The second kappa shape index (κ2) is 8.84. The first-order chi connectivity index (χ1) is 15.4. The number of nitrogen functional groups attached to an aromatic ring is 1. The lowest BCUT2D eigenvalue weighted by molar-refractivity contribution is 0.0949. The van der Waals surface area contributed by atoms with Crippen molar-refractivity contribution in [3.05, 3.63) is 70.8 Å². The minimum Gasteiger partial charge on any atom is -0.383 e. The highest BCUT2D eigenvalue weighted by Gasteiger charge is 2.31. The van der Waals surface area contributed by atoms with Crippen molar-refractivity contribution >= 4 is 17.6 Å². The maximum Gasteiger partial charge on any atom is 0.254 e. The Kier molecular flexibility index (Phi) is 5.96. The van der Waals surface area contributed by atoms with Gasteiger partial charge in [0.25, 0.3) is 11.8 Å². The number of carbonyl (C=O) groups excluding carboxylic acids is 2. The normalized spacial score (nSPS) is 17.9. The lowest BCUT2D eigenvalue weighted by atomic mass is 10.0. The van der Waals surface area contributed by atoms with Crippen molar-refractivity contribution in [3.63, 3.8) is 0 Å². The van der Waals surface area contributed by atoms with E-state index in [1.165, 1.54) is 0 Å². The number of aromatic nitrogens is 2. The molecule has 8 heteroatoms. The minimum atomic E-state index is -0.620. The molecule has 1 aliphatic rings. The van der Waals surface area contributed by atoms with Gasteiger partial charge in [-0.05, 0) is 37.5 Å². The smallest absolute Gasteiger partial charge is 0.254 e. The Hall–Kier alpha value is -3.65. The SMILES string of the molecule is Cc1ccccc1C(=O)NCc1ccc(-c2nn(C3CCOC3C)c(N)c2C(N)=O)cc1. The van der Waals surface area contributed by atoms with Gasteiger partial charge in [-0.25, -0.2) is 4.68 Å². The van der Waals surface area contributed by atoms with Gasteiger partial charge in [0.05, 0.1) is 12.1 Å². The average Bonchev–Trinajstić information content (AvgIpc) is 3.35. The summed E-state index contributed by atoms with van der Waals surface area (Å²) in [6.45, 7) is 4.87. The molecule has 5 N–H and O–H groups in total. The molecule has 0 bridgehead atoms. The zero-order chi connectivity index (χ0) is 22.8. The summed E-state index contributed by atoms with van der Waals surface area (Å²) in [4.78, 5) is 24.6. The summed E-state index contributed by atoms with van der Waals surface area (Å²) in [7, 11) is 0. The van der Waals surface area contributed by atoms with E-state index in [0.717, 1.165) is 23.1 Å². The van der Waals surface area contributed by atoms with Crippen molar-refractivity contribution in [1.82, 2.24) is 15.1 Å². The molecule has 4 rings (SSSR count). The maximum atomic E-state index is 12.4. The van der Waals surface area contributed by atoms with E-state index in [-0.39, 0.29) is 29.4 Å². The number of nitrogens with one attached hydrogen (secondary N) is 1. The lowest BCUT2D eigenvalue weighted by Crippen LogP contribution is -2.23. The Balaban J connectivity index is 1.54. The molecule has 0 saturated carbocycles. The van der Waals surface area contributed by atoms with Crippen molar-refractivity contribution in [2.24, 2.45) is 5.73 Å². The number of ether oxygens (including phenoxy) is 1. The summed E-state index contributed by atoms with van der Waals surface area (Å²) in [5, 5.41) is 7.56. The highest BCUT2D eigenvalue weighted by molar-refractivity contribution is 6.03. The van der Waals surface area contributed by atoms with Gasteiger partial charge in [-0.3, -0.25) is 9.59 Å². The Morgan fingerprint density at radius 1 is 1.19 bits per heavy atom. The first-order valence-electron chi connectivity index (χ1n) is 10.6. The quantitative estimate of drug-likeness (QED) is 0.551. The van der Waals surface area contributed by atoms with Crippen molar-refractivity contribution in [2.75, 3.05) is 12.3 Å². The highest BCUT2D eigenvalue weighted by atomic mass is 16.5. The Morgan fingerprint density at radius 2 is 1.91 bits per heavy atom. The van der Waals surface area contributed by atoms with Crippen LogP contribution < -0.4 is 16.8 Å². The third-order valence-electron chi connectivity index (χ3n) is 5.91. The Morgan fingerprint density at radius 3 is 2.53 bits per heavy atom. The monoisotopic (exact) mass is 433 g/mol. The third-order valence-corrected chi connectivity index (χ3v) is 5.91. The molecule has 32 heavy (non-hydrogen) atoms. The van der Waals surface area contributed by atoms with Crippen LogP contribution in [0.4, 0.5) is 5.82 Å². The van der Waals surface area contributed by atoms with Crippen LogP contribution >= 0.6 is 0 Å². The molecule has 1 fully saturated rings. The largest absolute Gasteiger partial charge is 0.383 e. The number of amides is 2. The van der Waals surface area contributed by atoms with E-state index >= 15 is 0 Å². The highest BCUT2D eigenvalue weighted by Crippen LogP contribution is 2.34. The number of rotatable bonds is 6. The number of anilines is 1. The van der Waals surface area contributed by atoms with Crippen molar-refractivity contribution in [3.8, 4) is 11.3 Å². The number of carbonyl (C=O) groups is 2. The second-order valence-corrected chi connectivity index (χ2v) is 8.04. The van der Waals surface area contributed by atoms with Crippen LogP contribution in [0.5, 0.6) is 0 Å². The topological polar surface area (TPSA) is 125 Å². The summed E-state index contributed by atoms with van der Waals surface area (Å²) in [6.07, 6.45) is 0.717. The molecule has 0 aliphatic carbocycles. The van der Waals surface area contributed by atoms with Gasteiger partial charge in [0.2, 0.25) is 0 Å². The van der Waals surface area contributed by atoms with Crippen molar-refractivity contribution in [1.29, 1.82) is 0 Å². The molecule has 1 aromatic heterocycles. The molecule has 8 nitrogen and oxygen atoms in total. The summed E-state index contributed by atoms with van der Waals surface area (Å²) in [5.74, 6) is -0.489. The van der Waals surface area contributed by atoms with Crippen LogP contribution in [0.25, 0.3) is 11.3 Å². The number of primary amides is 1. The molecular weight excluding hydrogens is 406 g/mol. The lowest BCUT2D eigenvalue weighted by Gasteiger charge is -2.16. The summed E-state index contributed by atoms with van der Waals surface area (Å²) in [6, 6.07) is 14.9. The molecule has 1 aliphatic heterocycles. The van der Waals surface area contributed by atoms with E-state index in [1.807, 2.05) is 56.3 Å². The number of nitrogens with two attached hydrogens (primary N) is 2. The fourth-order valence-electron chi connectivity index (χ4n) is 4.07. The van der Waals surface area contributed by atoms with Gasteiger partial charge in [0.1, 0.15) is 17.1 Å². The van der Waals surface area contributed by atoms with Crippen LogP contribution in [0.3, 0.4) is 0 Å². The third kappa shape index (κ3) is 4.09. The van der Waals surface area contributed by atoms with Gasteiger partial charge in [0.15, 0.2) is 0 Å². The summed E-state index contributed by atoms with van der Waals surface area (Å²) in [5.41, 5.74) is 15.8. The predicted octanol–water partition coefficient (Wildman–Crippen LogP) is 2.82. The fourth-order valence-corrected chi connectivity index (χ4v) is 4.07. The van der Waals surface area contributed by atoms with Gasteiger partial charge in [-0.15, -0.1) is 0 Å². The summed E-state index contributed by atoms with van der Waals surface area (Å²) >= 11 is 0. The van der Waals surface area contributed by atoms with Gasteiger partial charge in [-0.1, -0.05) is 42.5 Å². The van der Waals surface area contributed by atoms with Crippen LogP contribution in [0.1, 0.15) is 51.2 Å². The molecule has 0 spiro atoms. The molecule has 1 saturated heterocycles.